The standard InChI is InChI=1S/C12H15NO3/c1-3-12(4-2)13-11(15)9-7-8(14)5-6-10(9)16-12/h5-7,14H,3-4H2,1-2H3,(H,13,15). The fourth-order valence-corrected chi connectivity index (χ4v) is 1.87. The molecule has 2 N–H and O–H groups in total. The largest absolute Gasteiger partial charge is 0.508 e. The topological polar surface area (TPSA) is 58.6 Å². The van der Waals surface area contributed by atoms with Crippen LogP contribution in [0.5, 0.6) is 11.5 Å². The SMILES string of the molecule is CCC1(CC)NC(=O)c2cc(O)ccc2O1. The molecule has 1 aliphatic heterocycles. The van der Waals surface area contributed by atoms with Crippen LogP contribution in [0, 0.1) is 0 Å². The zero-order valence-electron chi connectivity index (χ0n) is 9.41. The molecular weight excluding hydrogens is 206 g/mol. The summed E-state index contributed by atoms with van der Waals surface area (Å²) in [6.07, 6.45) is 1.41. The summed E-state index contributed by atoms with van der Waals surface area (Å²) in [5, 5.41) is 12.2. The van der Waals surface area contributed by atoms with E-state index >= 15 is 0 Å². The zero-order valence-corrected chi connectivity index (χ0v) is 9.41. The van der Waals surface area contributed by atoms with Crippen molar-refractivity contribution < 1.29 is 14.6 Å². The molecule has 0 saturated carbocycles. The van der Waals surface area contributed by atoms with Gasteiger partial charge in [0.25, 0.3) is 5.91 Å². The molecule has 0 radical (unpaired) electrons. The molecule has 16 heavy (non-hydrogen) atoms. The van der Waals surface area contributed by atoms with Gasteiger partial charge in [0, 0.05) is 12.8 Å². The summed E-state index contributed by atoms with van der Waals surface area (Å²) in [5.74, 6) is 0.407. The molecule has 0 saturated heterocycles. The third-order valence-corrected chi connectivity index (χ3v) is 3.00. The quantitative estimate of drug-likeness (QED) is 0.803. The molecule has 1 amide bonds. The number of benzene rings is 1. The number of phenolic OH excluding ortho intramolecular Hbond substituents is 1. The predicted molar refractivity (Wildman–Crippen MR) is 59.5 cm³/mol. The highest BCUT2D eigenvalue weighted by atomic mass is 16.5. The molecule has 0 unspecified atom stereocenters. The number of carbonyl (C=O) groups excluding carboxylic acids is 1. The second kappa shape index (κ2) is 3.70. The van der Waals surface area contributed by atoms with Crippen molar-refractivity contribution in [3.8, 4) is 11.5 Å². The van der Waals surface area contributed by atoms with Crippen molar-refractivity contribution in [1.82, 2.24) is 5.32 Å². The van der Waals surface area contributed by atoms with Crippen LogP contribution in [0.4, 0.5) is 0 Å². The fraction of sp³-hybridized carbons (Fsp3) is 0.417. The molecule has 0 aliphatic carbocycles. The van der Waals surface area contributed by atoms with E-state index in [1.165, 1.54) is 12.1 Å². The number of carbonyl (C=O) groups is 1. The molecule has 2 rings (SSSR count). The van der Waals surface area contributed by atoms with Gasteiger partial charge in [-0.3, -0.25) is 4.79 Å². The third-order valence-electron chi connectivity index (χ3n) is 3.00. The number of rotatable bonds is 2. The fourth-order valence-electron chi connectivity index (χ4n) is 1.87. The Hall–Kier alpha value is -1.71. The molecule has 86 valence electrons. The maximum atomic E-state index is 11.9. The van der Waals surface area contributed by atoms with Gasteiger partial charge in [-0.05, 0) is 18.2 Å². The Morgan fingerprint density at radius 2 is 2.06 bits per heavy atom. The van der Waals surface area contributed by atoms with Crippen LogP contribution >= 0.6 is 0 Å². The van der Waals surface area contributed by atoms with Crippen LogP contribution in [-0.4, -0.2) is 16.7 Å². The van der Waals surface area contributed by atoms with E-state index in [2.05, 4.69) is 5.32 Å². The minimum atomic E-state index is -0.610. The molecule has 0 atom stereocenters. The second-order valence-electron chi connectivity index (χ2n) is 3.94. The molecule has 1 aliphatic rings. The summed E-state index contributed by atoms with van der Waals surface area (Å²) in [6, 6.07) is 4.57. The Kier molecular flexibility index (Phi) is 2.50. The maximum Gasteiger partial charge on any atom is 0.258 e. The monoisotopic (exact) mass is 221 g/mol. The average Bonchev–Trinajstić information content (AvgIpc) is 2.30. The molecule has 1 heterocycles. The third kappa shape index (κ3) is 1.60. The smallest absolute Gasteiger partial charge is 0.258 e. The maximum absolute atomic E-state index is 11.9. The summed E-state index contributed by atoms with van der Waals surface area (Å²) in [6.45, 7) is 3.93. The number of ether oxygens (including phenoxy) is 1. The minimum Gasteiger partial charge on any atom is -0.508 e. The lowest BCUT2D eigenvalue weighted by atomic mass is 10.0. The van der Waals surface area contributed by atoms with Gasteiger partial charge in [-0.2, -0.15) is 0 Å². The van der Waals surface area contributed by atoms with E-state index in [9.17, 15) is 9.90 Å². The molecular formula is C12H15NO3. The minimum absolute atomic E-state index is 0.0676. The van der Waals surface area contributed by atoms with Crippen LogP contribution < -0.4 is 10.1 Å². The van der Waals surface area contributed by atoms with Crippen molar-refractivity contribution in [2.24, 2.45) is 0 Å². The van der Waals surface area contributed by atoms with Gasteiger partial charge in [-0.1, -0.05) is 13.8 Å². The lowest BCUT2D eigenvalue weighted by Crippen LogP contribution is -2.55. The first-order valence-corrected chi connectivity index (χ1v) is 5.45. The molecule has 0 fully saturated rings. The number of amides is 1. The lowest BCUT2D eigenvalue weighted by Gasteiger charge is -2.37. The Bertz CT molecular complexity index is 424. The number of aromatic hydroxyl groups is 1. The number of hydrogen-bond acceptors (Lipinski definition) is 3. The van der Waals surface area contributed by atoms with Crippen LogP contribution in [-0.2, 0) is 0 Å². The van der Waals surface area contributed by atoms with Crippen molar-refractivity contribution in [2.75, 3.05) is 0 Å². The first-order chi connectivity index (χ1) is 7.60. The average molecular weight is 221 g/mol. The van der Waals surface area contributed by atoms with Crippen molar-refractivity contribution in [1.29, 1.82) is 0 Å². The summed E-state index contributed by atoms with van der Waals surface area (Å²) >= 11 is 0. The van der Waals surface area contributed by atoms with Gasteiger partial charge in [0.2, 0.25) is 0 Å². The van der Waals surface area contributed by atoms with E-state index in [4.69, 9.17) is 4.74 Å². The van der Waals surface area contributed by atoms with E-state index in [1.807, 2.05) is 13.8 Å². The summed E-state index contributed by atoms with van der Waals surface area (Å²) in [4.78, 5) is 11.9. The Morgan fingerprint density at radius 3 is 2.69 bits per heavy atom. The molecule has 0 spiro atoms. The molecule has 1 aromatic rings. The van der Waals surface area contributed by atoms with Gasteiger partial charge >= 0.3 is 0 Å². The van der Waals surface area contributed by atoms with E-state index in [-0.39, 0.29) is 11.7 Å². The molecule has 1 aromatic carbocycles. The highest BCUT2D eigenvalue weighted by Gasteiger charge is 2.36. The van der Waals surface area contributed by atoms with E-state index in [0.29, 0.717) is 24.2 Å². The summed E-state index contributed by atoms with van der Waals surface area (Å²) in [5.41, 5.74) is -0.223. The predicted octanol–water partition coefficient (Wildman–Crippen LogP) is 2.03. The number of phenols is 1. The van der Waals surface area contributed by atoms with Crippen LogP contribution in [0.15, 0.2) is 18.2 Å². The van der Waals surface area contributed by atoms with Crippen LogP contribution in [0.2, 0.25) is 0 Å². The van der Waals surface area contributed by atoms with Crippen molar-refractivity contribution in [2.45, 2.75) is 32.4 Å². The van der Waals surface area contributed by atoms with Gasteiger partial charge in [0.05, 0.1) is 5.56 Å². The van der Waals surface area contributed by atoms with E-state index in [1.54, 1.807) is 6.07 Å². The molecule has 0 aromatic heterocycles. The molecule has 0 bridgehead atoms. The Labute approximate surface area is 94.2 Å². The van der Waals surface area contributed by atoms with Crippen LogP contribution in [0.25, 0.3) is 0 Å². The first kappa shape index (κ1) is 10.8. The van der Waals surface area contributed by atoms with Crippen molar-refractivity contribution in [3.63, 3.8) is 0 Å². The number of hydrogen-bond donors (Lipinski definition) is 2. The van der Waals surface area contributed by atoms with Gasteiger partial charge < -0.3 is 15.2 Å². The van der Waals surface area contributed by atoms with E-state index in [0.717, 1.165) is 0 Å². The zero-order chi connectivity index (χ0) is 11.8. The van der Waals surface area contributed by atoms with Crippen LogP contribution in [0.3, 0.4) is 0 Å². The van der Waals surface area contributed by atoms with E-state index < -0.39 is 5.72 Å². The van der Waals surface area contributed by atoms with Gasteiger partial charge in [0.1, 0.15) is 11.5 Å². The Balaban J connectivity index is 2.44. The van der Waals surface area contributed by atoms with Gasteiger partial charge in [-0.25, -0.2) is 0 Å². The highest BCUT2D eigenvalue weighted by Crippen LogP contribution is 2.32. The summed E-state index contributed by atoms with van der Waals surface area (Å²) < 4.78 is 5.80. The number of fused-ring (bicyclic) bond motifs is 1. The molecule has 4 heteroatoms. The Morgan fingerprint density at radius 1 is 1.38 bits per heavy atom. The highest BCUT2D eigenvalue weighted by molar-refractivity contribution is 5.98. The summed E-state index contributed by atoms with van der Waals surface area (Å²) in [7, 11) is 0. The number of nitrogens with one attached hydrogen (secondary N) is 1. The van der Waals surface area contributed by atoms with Gasteiger partial charge in [-0.15, -0.1) is 0 Å². The van der Waals surface area contributed by atoms with Gasteiger partial charge in [0.15, 0.2) is 5.72 Å². The van der Waals surface area contributed by atoms with Crippen molar-refractivity contribution >= 4 is 5.91 Å². The normalized spacial score (nSPS) is 17.2. The van der Waals surface area contributed by atoms with Crippen LogP contribution in [0.1, 0.15) is 37.0 Å². The second-order valence-corrected chi connectivity index (χ2v) is 3.94. The first-order valence-electron chi connectivity index (χ1n) is 5.45. The van der Waals surface area contributed by atoms with Crippen molar-refractivity contribution in [3.05, 3.63) is 23.8 Å². The molecule has 4 nitrogen and oxygen atoms in total. The lowest BCUT2D eigenvalue weighted by molar-refractivity contribution is 0.0126.